The van der Waals surface area contributed by atoms with Crippen LogP contribution in [-0.2, 0) is 32.0 Å². The molecule has 3 N–H and O–H groups in total. The van der Waals surface area contributed by atoms with E-state index in [1.165, 1.54) is 0 Å². The van der Waals surface area contributed by atoms with Crippen molar-refractivity contribution in [1.82, 2.24) is 10.6 Å². The molecule has 0 radical (unpaired) electrons. The van der Waals surface area contributed by atoms with E-state index in [1.807, 2.05) is 54.6 Å². The van der Waals surface area contributed by atoms with Gasteiger partial charge in [-0.15, -0.1) is 0 Å². The Morgan fingerprint density at radius 2 is 1.42 bits per heavy atom. The summed E-state index contributed by atoms with van der Waals surface area (Å²) < 4.78 is 5.52. The molecule has 0 unspecified atom stereocenters. The number of carboxylic acids is 1. The van der Waals surface area contributed by atoms with Crippen LogP contribution in [0.25, 0.3) is 0 Å². The van der Waals surface area contributed by atoms with Crippen LogP contribution in [0.5, 0.6) is 0 Å². The van der Waals surface area contributed by atoms with Crippen molar-refractivity contribution in [3.8, 4) is 0 Å². The van der Waals surface area contributed by atoms with Crippen molar-refractivity contribution < 1.29 is 24.2 Å². The lowest BCUT2D eigenvalue weighted by atomic mass is 9.98. The van der Waals surface area contributed by atoms with Gasteiger partial charge >= 0.3 is 5.97 Å². The maximum atomic E-state index is 13.2. The second-order valence-electron chi connectivity index (χ2n) is 9.85. The number of hydrogen-bond acceptors (Lipinski definition) is 4. The van der Waals surface area contributed by atoms with E-state index in [2.05, 4.69) is 38.3 Å². The lowest BCUT2D eigenvalue weighted by Crippen LogP contribution is -2.53. The number of aliphatic carboxylic acids is 1. The van der Waals surface area contributed by atoms with Crippen molar-refractivity contribution >= 4 is 17.8 Å². The first-order valence-corrected chi connectivity index (χ1v) is 12.7. The molecule has 0 aromatic heterocycles. The molecule has 0 aliphatic rings. The molecule has 0 saturated heterocycles. The molecule has 0 aliphatic heterocycles. The highest BCUT2D eigenvalue weighted by atomic mass is 16.5. The smallest absolute Gasteiger partial charge is 0.326 e. The molecule has 2 aromatic carbocycles. The van der Waals surface area contributed by atoms with Gasteiger partial charge in [0.25, 0.3) is 0 Å². The maximum Gasteiger partial charge on any atom is 0.326 e. The van der Waals surface area contributed by atoms with E-state index < -0.39 is 24.0 Å². The molecule has 2 rings (SSSR count). The Labute approximate surface area is 214 Å². The number of amides is 2. The number of benzene rings is 2. The standard InChI is InChI=1S/C29H40N2O5/c1-20(2)14-16-36-17-15-27(32)30-25(18-22-8-6-5-7-9-22)28(33)31-26(29(34)35)19-23-10-12-24(13-11-23)21(3)4/h5-13,20-21,25-26H,14-19H2,1-4H3,(H,30,32)(H,31,33)(H,34,35)/t25-,26-/m0/s1. The van der Waals surface area contributed by atoms with Crippen molar-refractivity contribution in [1.29, 1.82) is 0 Å². The number of hydrogen-bond donors (Lipinski definition) is 3. The van der Waals surface area contributed by atoms with Crippen molar-refractivity contribution in [3.05, 3.63) is 71.3 Å². The molecule has 7 nitrogen and oxygen atoms in total. The molecule has 0 bridgehead atoms. The van der Waals surface area contributed by atoms with Crippen molar-refractivity contribution in [3.63, 3.8) is 0 Å². The van der Waals surface area contributed by atoms with E-state index in [0.29, 0.717) is 18.4 Å². The molecule has 0 spiro atoms. The van der Waals surface area contributed by atoms with E-state index in [-0.39, 0.29) is 31.8 Å². The summed E-state index contributed by atoms with van der Waals surface area (Å²) in [5, 5.41) is 15.2. The number of nitrogens with one attached hydrogen (secondary N) is 2. The molecule has 2 amide bonds. The Bertz CT molecular complexity index is 957. The molecule has 2 atom stereocenters. The molecule has 0 heterocycles. The first-order valence-electron chi connectivity index (χ1n) is 12.7. The third kappa shape index (κ3) is 10.6. The number of carbonyl (C=O) groups is 3. The van der Waals surface area contributed by atoms with Gasteiger partial charge in [-0.1, -0.05) is 82.3 Å². The van der Waals surface area contributed by atoms with Crippen molar-refractivity contribution in [2.24, 2.45) is 5.92 Å². The molecule has 0 saturated carbocycles. The van der Waals surface area contributed by atoms with Crippen LogP contribution in [0, 0.1) is 5.92 Å². The number of ether oxygens (including phenoxy) is 1. The summed E-state index contributed by atoms with van der Waals surface area (Å²) in [5.74, 6) is -1.07. The zero-order valence-corrected chi connectivity index (χ0v) is 21.8. The normalized spacial score (nSPS) is 12.8. The lowest BCUT2D eigenvalue weighted by molar-refractivity contribution is -0.142. The quantitative estimate of drug-likeness (QED) is 0.322. The summed E-state index contributed by atoms with van der Waals surface area (Å²) in [6.45, 7) is 9.24. The zero-order valence-electron chi connectivity index (χ0n) is 21.8. The highest BCUT2D eigenvalue weighted by Crippen LogP contribution is 2.16. The van der Waals surface area contributed by atoms with Gasteiger partial charge in [0, 0.05) is 25.9 Å². The Morgan fingerprint density at radius 3 is 2.00 bits per heavy atom. The molecular weight excluding hydrogens is 456 g/mol. The summed E-state index contributed by atoms with van der Waals surface area (Å²) in [7, 11) is 0. The number of carboxylic acid groups (broad SMARTS) is 1. The molecule has 196 valence electrons. The molecule has 36 heavy (non-hydrogen) atoms. The fourth-order valence-electron chi connectivity index (χ4n) is 3.66. The van der Waals surface area contributed by atoms with Crippen LogP contribution in [0.3, 0.4) is 0 Å². The minimum atomic E-state index is -1.13. The predicted octanol–water partition coefficient (Wildman–Crippen LogP) is 4.10. The van der Waals surface area contributed by atoms with E-state index in [9.17, 15) is 19.5 Å². The van der Waals surface area contributed by atoms with Gasteiger partial charge in [-0.3, -0.25) is 9.59 Å². The molecule has 7 heteroatoms. The van der Waals surface area contributed by atoms with Gasteiger partial charge in [0.1, 0.15) is 12.1 Å². The monoisotopic (exact) mass is 496 g/mol. The first kappa shape index (κ1) is 29.0. The number of carbonyl (C=O) groups excluding carboxylic acids is 2. The Hall–Kier alpha value is -3.19. The van der Waals surface area contributed by atoms with Crippen molar-refractivity contribution in [2.75, 3.05) is 13.2 Å². The summed E-state index contributed by atoms with van der Waals surface area (Å²) in [5.41, 5.74) is 2.84. The van der Waals surface area contributed by atoms with Gasteiger partial charge in [0.05, 0.1) is 6.61 Å². The Balaban J connectivity index is 2.04. The van der Waals surface area contributed by atoms with E-state index in [4.69, 9.17) is 4.74 Å². The predicted molar refractivity (Wildman–Crippen MR) is 141 cm³/mol. The van der Waals surface area contributed by atoms with Gasteiger partial charge in [-0.25, -0.2) is 4.79 Å². The fourth-order valence-corrected chi connectivity index (χ4v) is 3.66. The zero-order chi connectivity index (χ0) is 26.5. The second-order valence-corrected chi connectivity index (χ2v) is 9.85. The largest absolute Gasteiger partial charge is 0.480 e. The highest BCUT2D eigenvalue weighted by molar-refractivity contribution is 5.90. The van der Waals surface area contributed by atoms with E-state index >= 15 is 0 Å². The van der Waals surface area contributed by atoms with E-state index in [0.717, 1.165) is 23.1 Å². The Kier molecular flexibility index (Phi) is 12.1. The fraction of sp³-hybridized carbons (Fsp3) is 0.483. The first-order chi connectivity index (χ1) is 17.2. The van der Waals surface area contributed by atoms with Crippen molar-refractivity contribution in [2.45, 2.75) is 71.4 Å². The average molecular weight is 497 g/mol. The van der Waals surface area contributed by atoms with Crippen LogP contribution in [0.15, 0.2) is 54.6 Å². The maximum absolute atomic E-state index is 13.2. The van der Waals surface area contributed by atoms with Gasteiger partial charge in [0.15, 0.2) is 0 Å². The van der Waals surface area contributed by atoms with Crippen LogP contribution >= 0.6 is 0 Å². The number of rotatable bonds is 15. The minimum absolute atomic E-state index is 0.126. The van der Waals surface area contributed by atoms with Crippen LogP contribution in [0.2, 0.25) is 0 Å². The second kappa shape index (κ2) is 15.0. The third-order valence-corrected chi connectivity index (χ3v) is 5.95. The summed E-state index contributed by atoms with van der Waals surface area (Å²) in [4.78, 5) is 37.7. The average Bonchev–Trinajstić information content (AvgIpc) is 2.83. The molecule has 0 aliphatic carbocycles. The topological polar surface area (TPSA) is 105 Å². The minimum Gasteiger partial charge on any atom is -0.480 e. The van der Waals surface area contributed by atoms with Crippen LogP contribution in [0.4, 0.5) is 0 Å². The highest BCUT2D eigenvalue weighted by Gasteiger charge is 2.27. The Morgan fingerprint density at radius 1 is 0.806 bits per heavy atom. The van der Waals surface area contributed by atoms with Gasteiger partial charge in [-0.05, 0) is 34.9 Å². The molecule has 0 fully saturated rings. The van der Waals surface area contributed by atoms with Crippen LogP contribution in [0.1, 0.15) is 63.1 Å². The molecule has 2 aromatic rings. The SMILES string of the molecule is CC(C)CCOCCC(=O)N[C@@H](Cc1ccccc1)C(=O)N[C@@H](Cc1ccc(C(C)C)cc1)C(=O)O. The van der Waals surface area contributed by atoms with Crippen LogP contribution in [-0.4, -0.2) is 48.2 Å². The van der Waals surface area contributed by atoms with Gasteiger partial charge in [0.2, 0.25) is 11.8 Å². The summed E-state index contributed by atoms with van der Waals surface area (Å²) in [6, 6.07) is 15.0. The summed E-state index contributed by atoms with van der Waals surface area (Å²) >= 11 is 0. The van der Waals surface area contributed by atoms with Gasteiger partial charge in [-0.2, -0.15) is 0 Å². The van der Waals surface area contributed by atoms with Gasteiger partial charge < -0.3 is 20.5 Å². The lowest BCUT2D eigenvalue weighted by Gasteiger charge is -2.22. The molecular formula is C29H40N2O5. The summed E-state index contributed by atoms with van der Waals surface area (Å²) in [6.07, 6.45) is 1.44. The van der Waals surface area contributed by atoms with E-state index in [1.54, 1.807) is 0 Å². The van der Waals surface area contributed by atoms with Crippen LogP contribution < -0.4 is 10.6 Å². The third-order valence-electron chi connectivity index (χ3n) is 5.95.